The lowest BCUT2D eigenvalue weighted by Gasteiger charge is -2.30. The van der Waals surface area contributed by atoms with Crippen molar-refractivity contribution in [3.63, 3.8) is 0 Å². The summed E-state index contributed by atoms with van der Waals surface area (Å²) in [6.45, 7) is 2.52. The highest BCUT2D eigenvalue weighted by Gasteiger charge is 2.17. The quantitative estimate of drug-likeness (QED) is 0.823. The first kappa shape index (κ1) is 9.65. The van der Waals surface area contributed by atoms with Crippen LogP contribution in [0.1, 0.15) is 0 Å². The van der Waals surface area contributed by atoms with Crippen molar-refractivity contribution < 1.29 is 9.84 Å². The van der Waals surface area contributed by atoms with E-state index in [-0.39, 0.29) is 5.75 Å². The SMILES string of the molecule is Oc1ccc2c(c1)N(CCBr)CCO2. The van der Waals surface area contributed by atoms with Crippen LogP contribution in [-0.4, -0.2) is 30.1 Å². The Hall–Kier alpha value is -0.900. The van der Waals surface area contributed by atoms with E-state index in [0.717, 1.165) is 29.9 Å². The fourth-order valence-electron chi connectivity index (χ4n) is 1.60. The fourth-order valence-corrected chi connectivity index (χ4v) is 2.02. The summed E-state index contributed by atoms with van der Waals surface area (Å²) in [4.78, 5) is 2.20. The zero-order valence-corrected chi connectivity index (χ0v) is 9.33. The van der Waals surface area contributed by atoms with E-state index in [4.69, 9.17) is 4.74 Å². The van der Waals surface area contributed by atoms with Crippen LogP contribution in [0.4, 0.5) is 5.69 Å². The minimum atomic E-state index is 0.286. The Morgan fingerprint density at radius 2 is 2.36 bits per heavy atom. The molecule has 0 atom stereocenters. The van der Waals surface area contributed by atoms with Crippen LogP contribution in [0.2, 0.25) is 0 Å². The predicted octanol–water partition coefficient (Wildman–Crippen LogP) is 1.99. The molecule has 1 aromatic rings. The molecule has 0 fully saturated rings. The Morgan fingerprint density at radius 1 is 1.50 bits per heavy atom. The molecular formula is C10H12BrNO2. The first-order chi connectivity index (χ1) is 6.81. The summed E-state index contributed by atoms with van der Waals surface area (Å²) in [5, 5.41) is 10.3. The molecular weight excluding hydrogens is 246 g/mol. The van der Waals surface area contributed by atoms with Crippen LogP contribution in [0, 0.1) is 0 Å². The highest BCUT2D eigenvalue weighted by atomic mass is 79.9. The van der Waals surface area contributed by atoms with E-state index in [1.165, 1.54) is 0 Å². The second kappa shape index (κ2) is 4.09. The molecule has 1 heterocycles. The predicted molar refractivity (Wildman–Crippen MR) is 59.6 cm³/mol. The van der Waals surface area contributed by atoms with Crippen LogP contribution in [0.3, 0.4) is 0 Å². The molecule has 0 unspecified atom stereocenters. The maximum atomic E-state index is 9.38. The van der Waals surface area contributed by atoms with Crippen molar-refractivity contribution in [1.82, 2.24) is 0 Å². The van der Waals surface area contributed by atoms with E-state index in [1.54, 1.807) is 12.1 Å². The summed E-state index contributed by atoms with van der Waals surface area (Å²) in [5.41, 5.74) is 0.982. The number of aromatic hydroxyl groups is 1. The van der Waals surface area contributed by atoms with Crippen LogP contribution < -0.4 is 9.64 Å². The van der Waals surface area contributed by atoms with Gasteiger partial charge in [0.05, 0.1) is 12.2 Å². The fraction of sp³-hybridized carbons (Fsp3) is 0.400. The van der Waals surface area contributed by atoms with Gasteiger partial charge in [-0.15, -0.1) is 0 Å². The Balaban J connectivity index is 2.32. The molecule has 4 heteroatoms. The van der Waals surface area contributed by atoms with Crippen LogP contribution in [0.25, 0.3) is 0 Å². The maximum absolute atomic E-state index is 9.38. The Kier molecular flexibility index (Phi) is 2.82. The number of ether oxygens (including phenoxy) is 1. The summed E-state index contributed by atoms with van der Waals surface area (Å²) in [7, 11) is 0. The Labute approximate surface area is 91.4 Å². The maximum Gasteiger partial charge on any atom is 0.142 e. The molecule has 0 amide bonds. The number of nitrogens with zero attached hydrogens (tertiary/aromatic N) is 1. The van der Waals surface area contributed by atoms with Gasteiger partial charge >= 0.3 is 0 Å². The lowest BCUT2D eigenvalue weighted by molar-refractivity contribution is 0.308. The van der Waals surface area contributed by atoms with Gasteiger partial charge in [-0.05, 0) is 12.1 Å². The largest absolute Gasteiger partial charge is 0.508 e. The van der Waals surface area contributed by atoms with Gasteiger partial charge in [0.1, 0.15) is 18.1 Å². The van der Waals surface area contributed by atoms with Gasteiger partial charge in [-0.1, -0.05) is 15.9 Å². The third-order valence-corrected chi connectivity index (χ3v) is 2.61. The Bertz CT molecular complexity index is 330. The zero-order chi connectivity index (χ0) is 9.97. The van der Waals surface area contributed by atoms with Gasteiger partial charge < -0.3 is 14.7 Å². The van der Waals surface area contributed by atoms with Crippen LogP contribution in [-0.2, 0) is 0 Å². The number of phenols is 1. The number of hydrogen-bond donors (Lipinski definition) is 1. The molecule has 0 bridgehead atoms. The number of anilines is 1. The van der Waals surface area contributed by atoms with Crippen molar-refractivity contribution in [3.05, 3.63) is 18.2 Å². The molecule has 0 saturated carbocycles. The zero-order valence-electron chi connectivity index (χ0n) is 7.74. The molecule has 1 N–H and O–H groups in total. The van der Waals surface area contributed by atoms with Gasteiger partial charge in [-0.3, -0.25) is 0 Å². The van der Waals surface area contributed by atoms with Crippen molar-refractivity contribution >= 4 is 21.6 Å². The minimum absolute atomic E-state index is 0.286. The first-order valence-electron chi connectivity index (χ1n) is 4.58. The van der Waals surface area contributed by atoms with E-state index in [2.05, 4.69) is 20.8 Å². The molecule has 1 aliphatic heterocycles. The van der Waals surface area contributed by atoms with E-state index >= 15 is 0 Å². The van der Waals surface area contributed by atoms with Crippen molar-refractivity contribution in [2.45, 2.75) is 0 Å². The van der Waals surface area contributed by atoms with Crippen LogP contribution in [0.15, 0.2) is 18.2 Å². The summed E-state index contributed by atoms with van der Waals surface area (Å²) in [5.74, 6) is 1.14. The number of alkyl halides is 1. The van der Waals surface area contributed by atoms with Gasteiger partial charge in [0.15, 0.2) is 0 Å². The van der Waals surface area contributed by atoms with Gasteiger partial charge in [0.2, 0.25) is 0 Å². The number of hydrogen-bond acceptors (Lipinski definition) is 3. The summed E-state index contributed by atoms with van der Waals surface area (Å²) in [6.07, 6.45) is 0. The molecule has 76 valence electrons. The standard InChI is InChI=1S/C10H12BrNO2/c11-3-4-12-5-6-14-10-2-1-8(13)7-9(10)12/h1-2,7,13H,3-6H2. The summed E-state index contributed by atoms with van der Waals surface area (Å²) < 4.78 is 5.49. The molecule has 1 aliphatic rings. The number of phenolic OH excluding ortho intramolecular Hbond substituents is 1. The van der Waals surface area contributed by atoms with Crippen LogP contribution >= 0.6 is 15.9 Å². The lowest BCUT2D eigenvalue weighted by Crippen LogP contribution is -2.33. The van der Waals surface area contributed by atoms with Gasteiger partial charge in [-0.2, -0.15) is 0 Å². The second-order valence-corrected chi connectivity index (χ2v) is 3.97. The molecule has 0 radical (unpaired) electrons. The van der Waals surface area contributed by atoms with Crippen molar-refractivity contribution in [3.8, 4) is 11.5 Å². The van der Waals surface area contributed by atoms with Crippen molar-refractivity contribution in [2.75, 3.05) is 29.9 Å². The molecule has 3 nitrogen and oxygen atoms in total. The molecule has 0 aliphatic carbocycles. The highest BCUT2D eigenvalue weighted by Crippen LogP contribution is 2.34. The lowest BCUT2D eigenvalue weighted by atomic mass is 10.2. The molecule has 0 aromatic heterocycles. The topological polar surface area (TPSA) is 32.7 Å². The first-order valence-corrected chi connectivity index (χ1v) is 5.70. The van der Waals surface area contributed by atoms with E-state index in [0.29, 0.717) is 6.61 Å². The smallest absolute Gasteiger partial charge is 0.142 e. The number of benzene rings is 1. The number of halogens is 1. The third-order valence-electron chi connectivity index (χ3n) is 2.26. The second-order valence-electron chi connectivity index (χ2n) is 3.18. The molecule has 0 saturated heterocycles. The van der Waals surface area contributed by atoms with Gasteiger partial charge in [0.25, 0.3) is 0 Å². The van der Waals surface area contributed by atoms with E-state index in [9.17, 15) is 5.11 Å². The average Bonchev–Trinajstić information content (AvgIpc) is 2.19. The molecule has 2 rings (SSSR count). The van der Waals surface area contributed by atoms with Gasteiger partial charge in [-0.25, -0.2) is 0 Å². The van der Waals surface area contributed by atoms with E-state index in [1.807, 2.05) is 6.07 Å². The number of fused-ring (bicyclic) bond motifs is 1. The monoisotopic (exact) mass is 257 g/mol. The summed E-state index contributed by atoms with van der Waals surface area (Å²) >= 11 is 3.41. The van der Waals surface area contributed by atoms with Gasteiger partial charge in [0, 0.05) is 17.9 Å². The van der Waals surface area contributed by atoms with Crippen molar-refractivity contribution in [1.29, 1.82) is 0 Å². The molecule has 0 spiro atoms. The van der Waals surface area contributed by atoms with Crippen molar-refractivity contribution in [2.24, 2.45) is 0 Å². The van der Waals surface area contributed by atoms with E-state index < -0.39 is 0 Å². The Morgan fingerprint density at radius 3 is 3.14 bits per heavy atom. The highest BCUT2D eigenvalue weighted by molar-refractivity contribution is 9.09. The number of rotatable bonds is 2. The van der Waals surface area contributed by atoms with Crippen LogP contribution in [0.5, 0.6) is 11.5 Å². The molecule has 14 heavy (non-hydrogen) atoms. The summed E-state index contributed by atoms with van der Waals surface area (Å²) in [6, 6.07) is 5.21. The third kappa shape index (κ3) is 1.80. The normalized spacial score (nSPS) is 14.8. The average molecular weight is 258 g/mol. The molecule has 1 aromatic carbocycles. The minimum Gasteiger partial charge on any atom is -0.508 e.